The fraction of sp³-hybridized carbons (Fsp3) is 0.370. The Hall–Kier alpha value is -3.92. The molecular weight excluding hydrogens is 506 g/mol. The minimum Gasteiger partial charge on any atom is -0.465 e. The van der Waals surface area contributed by atoms with E-state index in [2.05, 4.69) is 35.7 Å². The molecule has 0 aliphatic carbocycles. The topological polar surface area (TPSA) is 132 Å². The van der Waals surface area contributed by atoms with Crippen molar-refractivity contribution in [3.05, 3.63) is 53.9 Å². The van der Waals surface area contributed by atoms with E-state index in [1.54, 1.807) is 17.0 Å². The summed E-state index contributed by atoms with van der Waals surface area (Å²) < 4.78 is 7.62. The van der Waals surface area contributed by atoms with Crippen LogP contribution >= 0.6 is 11.6 Å². The van der Waals surface area contributed by atoms with Gasteiger partial charge in [-0.05, 0) is 55.5 Å². The summed E-state index contributed by atoms with van der Waals surface area (Å²) in [5.74, 6) is 1.34. The summed E-state index contributed by atoms with van der Waals surface area (Å²) in [5, 5.41) is 16.2. The number of carbonyl (C=O) groups is 1. The van der Waals surface area contributed by atoms with Crippen LogP contribution in [0, 0.1) is 5.41 Å². The Morgan fingerprint density at radius 1 is 1.16 bits per heavy atom. The minimum absolute atomic E-state index is 0.203. The highest BCUT2D eigenvalue weighted by atomic mass is 35.5. The number of pyridine rings is 1. The van der Waals surface area contributed by atoms with Gasteiger partial charge in [0.15, 0.2) is 5.65 Å². The normalized spacial score (nSPS) is 20.0. The Morgan fingerprint density at radius 2 is 1.89 bits per heavy atom. The molecule has 5 rings (SSSR count). The maximum Gasteiger partial charge on any atom is 0.407 e. The molecule has 1 aliphatic rings. The van der Waals surface area contributed by atoms with Crippen molar-refractivity contribution in [2.24, 2.45) is 5.41 Å². The molecule has 0 radical (unpaired) electrons. The first-order valence-electron chi connectivity index (χ1n) is 12.4. The van der Waals surface area contributed by atoms with Gasteiger partial charge in [-0.1, -0.05) is 32.4 Å². The van der Waals surface area contributed by atoms with Crippen molar-refractivity contribution < 1.29 is 14.6 Å². The molecule has 4 aromatic rings. The second-order valence-electron chi connectivity index (χ2n) is 10.8. The van der Waals surface area contributed by atoms with Gasteiger partial charge in [-0.25, -0.2) is 24.4 Å². The number of ether oxygens (including phenoxy) is 1. The summed E-state index contributed by atoms with van der Waals surface area (Å²) in [6, 6.07) is 10.6. The number of carboxylic acid groups (broad SMARTS) is 1. The van der Waals surface area contributed by atoms with E-state index in [1.807, 2.05) is 35.9 Å². The molecule has 0 spiro atoms. The van der Waals surface area contributed by atoms with Crippen LogP contribution in [0.15, 0.2) is 48.9 Å². The predicted molar refractivity (Wildman–Crippen MR) is 145 cm³/mol. The number of hydrogen-bond donors (Lipinski definition) is 2. The number of benzene rings is 1. The Morgan fingerprint density at radius 3 is 2.53 bits per heavy atom. The largest absolute Gasteiger partial charge is 0.465 e. The van der Waals surface area contributed by atoms with Crippen molar-refractivity contribution >= 4 is 34.5 Å². The molecule has 11 heteroatoms. The Kier molecular flexibility index (Phi) is 6.38. The first kappa shape index (κ1) is 25.7. The molecule has 1 amide bonds. The van der Waals surface area contributed by atoms with Gasteiger partial charge in [0.05, 0.1) is 16.5 Å². The number of nitrogens with zero attached hydrogens (tertiary/aromatic N) is 6. The SMILES string of the molecule is CC(C)(C)C1(C)CCC(n2nc(-c3ccc(Oc4ccc(Cl)cn4)cc3)c3c(N)ncnc32)CN1C(=O)O. The molecule has 3 aromatic heterocycles. The molecule has 1 aromatic carbocycles. The van der Waals surface area contributed by atoms with E-state index < -0.39 is 11.6 Å². The van der Waals surface area contributed by atoms with E-state index in [9.17, 15) is 9.90 Å². The van der Waals surface area contributed by atoms with Crippen molar-refractivity contribution in [1.82, 2.24) is 29.6 Å². The van der Waals surface area contributed by atoms with Gasteiger partial charge >= 0.3 is 6.09 Å². The smallest absolute Gasteiger partial charge is 0.407 e. The van der Waals surface area contributed by atoms with E-state index in [0.29, 0.717) is 52.2 Å². The van der Waals surface area contributed by atoms with E-state index in [0.717, 1.165) is 12.0 Å². The van der Waals surface area contributed by atoms with Crippen LogP contribution in [0.4, 0.5) is 10.6 Å². The lowest BCUT2D eigenvalue weighted by Gasteiger charge is -2.53. The highest BCUT2D eigenvalue weighted by Gasteiger charge is 2.49. The number of fused-ring (bicyclic) bond motifs is 1. The van der Waals surface area contributed by atoms with Gasteiger partial charge < -0.3 is 20.5 Å². The second kappa shape index (κ2) is 9.43. The van der Waals surface area contributed by atoms with E-state index in [4.69, 9.17) is 27.2 Å². The number of nitrogen functional groups attached to an aromatic ring is 1. The van der Waals surface area contributed by atoms with Crippen LogP contribution < -0.4 is 10.5 Å². The Balaban J connectivity index is 1.50. The molecule has 10 nitrogen and oxygen atoms in total. The zero-order chi connectivity index (χ0) is 27.2. The van der Waals surface area contributed by atoms with Crippen molar-refractivity contribution in [2.75, 3.05) is 12.3 Å². The van der Waals surface area contributed by atoms with E-state index in [1.165, 1.54) is 12.5 Å². The van der Waals surface area contributed by atoms with Gasteiger partial charge in [-0.3, -0.25) is 0 Å². The van der Waals surface area contributed by atoms with Crippen molar-refractivity contribution in [2.45, 2.75) is 52.1 Å². The van der Waals surface area contributed by atoms with Crippen LogP contribution in [0.2, 0.25) is 5.02 Å². The fourth-order valence-corrected chi connectivity index (χ4v) is 5.14. The third-order valence-corrected chi connectivity index (χ3v) is 7.94. The maximum atomic E-state index is 12.3. The fourth-order valence-electron chi connectivity index (χ4n) is 5.03. The summed E-state index contributed by atoms with van der Waals surface area (Å²) in [6.45, 7) is 8.55. The zero-order valence-electron chi connectivity index (χ0n) is 21.7. The third-order valence-electron chi connectivity index (χ3n) is 7.71. The van der Waals surface area contributed by atoms with Crippen LogP contribution in [0.25, 0.3) is 22.3 Å². The number of amides is 1. The monoisotopic (exact) mass is 535 g/mol. The Labute approximate surface area is 225 Å². The molecule has 0 bridgehead atoms. The number of likely N-dealkylation sites (tertiary alicyclic amines) is 1. The average Bonchev–Trinajstić information content (AvgIpc) is 3.26. The van der Waals surface area contributed by atoms with Gasteiger partial charge in [0.25, 0.3) is 0 Å². The molecular formula is C27H30ClN7O3. The maximum absolute atomic E-state index is 12.3. The Bertz CT molecular complexity index is 1480. The summed E-state index contributed by atoms with van der Waals surface area (Å²) in [7, 11) is 0. The number of nitrogens with two attached hydrogens (primary N) is 1. The van der Waals surface area contributed by atoms with E-state index in [-0.39, 0.29) is 11.5 Å². The number of anilines is 1. The molecule has 38 heavy (non-hydrogen) atoms. The first-order chi connectivity index (χ1) is 18.0. The summed E-state index contributed by atoms with van der Waals surface area (Å²) >= 11 is 5.90. The number of aromatic nitrogens is 5. The van der Waals surface area contributed by atoms with Crippen molar-refractivity contribution in [1.29, 1.82) is 0 Å². The van der Waals surface area contributed by atoms with Crippen LogP contribution in [-0.2, 0) is 0 Å². The summed E-state index contributed by atoms with van der Waals surface area (Å²) in [6.07, 6.45) is 3.43. The van der Waals surface area contributed by atoms with Crippen LogP contribution in [0.5, 0.6) is 11.6 Å². The standard InChI is InChI=1S/C27H30ClN7O3/c1-26(2,3)27(4)12-11-18(14-34(27)25(36)37)35-24-21(23(29)31-15-32-24)22(33-35)16-5-8-19(9-6-16)38-20-10-7-17(28)13-30-20/h5-10,13,15,18H,11-12,14H2,1-4H3,(H,36,37)(H2,29,31,32). The lowest BCUT2D eigenvalue weighted by molar-refractivity contribution is -0.0272. The zero-order valence-corrected chi connectivity index (χ0v) is 22.5. The van der Waals surface area contributed by atoms with Gasteiger partial charge in [-0.2, -0.15) is 5.10 Å². The summed E-state index contributed by atoms with van der Waals surface area (Å²) in [5.41, 5.74) is 7.57. The number of rotatable bonds is 4. The van der Waals surface area contributed by atoms with Gasteiger partial charge in [0.2, 0.25) is 5.88 Å². The van der Waals surface area contributed by atoms with Crippen molar-refractivity contribution in [3.8, 4) is 22.9 Å². The molecule has 2 atom stereocenters. The molecule has 4 heterocycles. The quantitative estimate of drug-likeness (QED) is 0.323. The third kappa shape index (κ3) is 4.49. The number of piperidine rings is 1. The lowest BCUT2D eigenvalue weighted by atomic mass is 9.68. The predicted octanol–water partition coefficient (Wildman–Crippen LogP) is 6.04. The van der Waals surface area contributed by atoms with Gasteiger partial charge in [-0.15, -0.1) is 0 Å². The highest BCUT2D eigenvalue weighted by Crippen LogP contribution is 2.45. The average molecular weight is 536 g/mol. The molecule has 1 saturated heterocycles. The van der Waals surface area contributed by atoms with Gasteiger partial charge in [0, 0.05) is 29.9 Å². The molecule has 3 N–H and O–H groups in total. The second-order valence-corrected chi connectivity index (χ2v) is 11.2. The first-order valence-corrected chi connectivity index (χ1v) is 12.7. The number of halogens is 1. The van der Waals surface area contributed by atoms with Crippen molar-refractivity contribution in [3.63, 3.8) is 0 Å². The number of hydrogen-bond acceptors (Lipinski definition) is 7. The molecule has 1 fully saturated rings. The molecule has 0 saturated carbocycles. The minimum atomic E-state index is -0.941. The molecule has 198 valence electrons. The molecule has 1 aliphatic heterocycles. The van der Waals surface area contributed by atoms with Crippen LogP contribution in [-0.4, -0.2) is 52.9 Å². The van der Waals surface area contributed by atoms with E-state index >= 15 is 0 Å². The van der Waals surface area contributed by atoms with Crippen LogP contribution in [0.3, 0.4) is 0 Å². The van der Waals surface area contributed by atoms with Crippen LogP contribution in [0.1, 0.15) is 46.6 Å². The molecule has 2 unspecified atom stereocenters. The van der Waals surface area contributed by atoms with Gasteiger partial charge in [0.1, 0.15) is 23.6 Å². The highest BCUT2D eigenvalue weighted by molar-refractivity contribution is 6.30. The lowest BCUT2D eigenvalue weighted by Crippen LogP contribution is -2.61. The summed E-state index contributed by atoms with van der Waals surface area (Å²) in [4.78, 5) is 26.7.